The zero-order valence-corrected chi connectivity index (χ0v) is 28.7. The van der Waals surface area contributed by atoms with E-state index in [1.807, 2.05) is 20.8 Å². The van der Waals surface area contributed by atoms with Gasteiger partial charge in [-0.15, -0.1) is 0 Å². The van der Waals surface area contributed by atoms with Crippen molar-refractivity contribution in [1.29, 1.82) is 0 Å². The summed E-state index contributed by atoms with van der Waals surface area (Å²) >= 11 is 0. The summed E-state index contributed by atoms with van der Waals surface area (Å²) < 4.78 is 25.6. The molecule has 5 saturated carbocycles. The summed E-state index contributed by atoms with van der Waals surface area (Å²) in [5.41, 5.74) is -0.596. The van der Waals surface area contributed by atoms with Crippen molar-refractivity contribution in [3.8, 4) is 0 Å². The summed E-state index contributed by atoms with van der Waals surface area (Å²) in [6.07, 6.45) is 7.43. The van der Waals surface area contributed by atoms with E-state index in [9.17, 15) is 15.4 Å². The van der Waals surface area contributed by atoms with Gasteiger partial charge >= 0.3 is 0 Å². The first-order chi connectivity index (χ1) is 20.6. The minimum absolute atomic E-state index is 0.00810. The lowest BCUT2D eigenvalue weighted by Crippen LogP contribution is -2.60. The monoisotopic (exact) mass is 619 g/mol. The van der Waals surface area contributed by atoms with Gasteiger partial charge in [-0.05, 0) is 117 Å². The van der Waals surface area contributed by atoms with Gasteiger partial charge in [-0.25, -0.2) is 0 Å². The molecule has 8 heteroatoms. The van der Waals surface area contributed by atoms with Crippen molar-refractivity contribution in [2.24, 2.45) is 50.7 Å². The molecule has 0 aromatic rings. The fraction of sp³-hybridized carbons (Fsp3) is 1.00. The molecule has 7 rings (SSSR count). The van der Waals surface area contributed by atoms with Crippen molar-refractivity contribution in [2.45, 2.75) is 149 Å². The molecule has 0 amide bonds. The third-order valence-electron chi connectivity index (χ3n) is 15.5. The Morgan fingerprint density at radius 2 is 1.73 bits per heavy atom. The summed E-state index contributed by atoms with van der Waals surface area (Å²) in [5.74, 6) is 1.75. The maximum absolute atomic E-state index is 12.5. The highest BCUT2D eigenvalue weighted by Gasteiger charge is 2.84. The quantitative estimate of drug-likeness (QED) is 0.363. The number of fused-ring (bicyclic) bond motifs is 4. The summed E-state index contributed by atoms with van der Waals surface area (Å²) in [6.45, 7) is 19.7. The van der Waals surface area contributed by atoms with E-state index in [1.165, 1.54) is 30.7 Å². The second-order valence-corrected chi connectivity index (χ2v) is 17.9. The van der Waals surface area contributed by atoms with E-state index >= 15 is 0 Å². The molecule has 0 aromatic heterocycles. The van der Waals surface area contributed by atoms with Gasteiger partial charge in [0.1, 0.15) is 6.10 Å². The van der Waals surface area contributed by atoms with Gasteiger partial charge in [-0.1, -0.05) is 34.6 Å². The van der Waals surface area contributed by atoms with Gasteiger partial charge in [-0.2, -0.15) is 5.06 Å². The Morgan fingerprint density at radius 1 is 1.02 bits per heavy atom. The number of nitrogens with zero attached hydrogens (tertiary/aromatic N) is 1. The lowest BCUT2D eigenvalue weighted by molar-refractivity contribution is -0.279. The highest BCUT2D eigenvalue weighted by Crippen LogP contribution is 2.89. The van der Waals surface area contributed by atoms with Crippen LogP contribution in [0.2, 0.25) is 0 Å². The van der Waals surface area contributed by atoms with Crippen molar-refractivity contribution < 1.29 is 34.4 Å². The Kier molecular flexibility index (Phi) is 7.58. The Balaban J connectivity index is 1.15. The average Bonchev–Trinajstić information content (AvgIpc) is 3.57. The molecule has 2 spiro atoms. The van der Waals surface area contributed by atoms with Gasteiger partial charge in [0.15, 0.2) is 6.29 Å². The van der Waals surface area contributed by atoms with Crippen LogP contribution in [-0.2, 0) is 18.9 Å². The molecule has 2 aliphatic heterocycles. The number of aliphatic hydroxyl groups excluding tert-OH is 1. The predicted octanol–water partition coefficient (Wildman–Crippen LogP) is 5.41. The van der Waals surface area contributed by atoms with Gasteiger partial charge < -0.3 is 34.4 Å². The van der Waals surface area contributed by atoms with Gasteiger partial charge in [0.05, 0.1) is 43.2 Å². The lowest BCUT2D eigenvalue weighted by atomic mass is 9.41. The van der Waals surface area contributed by atoms with E-state index in [4.69, 9.17) is 18.9 Å². The summed E-state index contributed by atoms with van der Waals surface area (Å²) in [4.78, 5) is 0. The SMILES string of the molecule is CCOC(C1CC(C)C2C(O1)C(O)C1(C)C3CCC4C(C)(C)C(OC5CN(O)CCO5)CCC45CC35CCC21C)C(C)(C)O. The third-order valence-corrected chi connectivity index (χ3v) is 15.5. The molecule has 0 radical (unpaired) electrons. The van der Waals surface area contributed by atoms with Crippen LogP contribution < -0.4 is 0 Å². The molecule has 7 fully saturated rings. The maximum atomic E-state index is 12.5. The van der Waals surface area contributed by atoms with Gasteiger partial charge in [0.2, 0.25) is 0 Å². The molecule has 14 unspecified atom stereocenters. The first-order valence-electron chi connectivity index (χ1n) is 18.0. The number of hydrogen-bond donors (Lipinski definition) is 3. The van der Waals surface area contributed by atoms with Crippen LogP contribution in [0.25, 0.3) is 0 Å². The zero-order chi connectivity index (χ0) is 31.7. The van der Waals surface area contributed by atoms with E-state index in [-0.39, 0.29) is 46.3 Å². The van der Waals surface area contributed by atoms with Crippen LogP contribution in [0.5, 0.6) is 0 Å². The van der Waals surface area contributed by atoms with Crippen molar-refractivity contribution in [2.75, 3.05) is 26.3 Å². The zero-order valence-electron chi connectivity index (χ0n) is 28.7. The van der Waals surface area contributed by atoms with Crippen LogP contribution in [0, 0.1) is 50.7 Å². The fourth-order valence-electron chi connectivity index (χ4n) is 13.6. The van der Waals surface area contributed by atoms with Gasteiger partial charge in [-0.3, -0.25) is 0 Å². The van der Waals surface area contributed by atoms with Crippen molar-refractivity contribution in [1.82, 2.24) is 5.06 Å². The molecule has 2 saturated heterocycles. The van der Waals surface area contributed by atoms with Gasteiger partial charge in [0, 0.05) is 18.6 Å². The minimum Gasteiger partial charge on any atom is -0.390 e. The predicted molar refractivity (Wildman–Crippen MR) is 166 cm³/mol. The van der Waals surface area contributed by atoms with Gasteiger partial charge in [0.25, 0.3) is 0 Å². The first-order valence-corrected chi connectivity index (χ1v) is 18.0. The molecular formula is C36H61NO7. The molecular weight excluding hydrogens is 558 g/mol. The Morgan fingerprint density at radius 3 is 2.41 bits per heavy atom. The minimum atomic E-state index is -1.02. The lowest BCUT2D eigenvalue weighted by Gasteiger charge is -2.64. The van der Waals surface area contributed by atoms with E-state index in [1.54, 1.807) is 0 Å². The van der Waals surface area contributed by atoms with E-state index < -0.39 is 17.8 Å². The molecule has 0 aromatic carbocycles. The number of morpholine rings is 1. The number of hydrogen-bond acceptors (Lipinski definition) is 8. The number of aliphatic hydroxyl groups is 2. The van der Waals surface area contributed by atoms with Crippen LogP contribution in [0.3, 0.4) is 0 Å². The largest absolute Gasteiger partial charge is 0.390 e. The second kappa shape index (κ2) is 10.3. The average molecular weight is 620 g/mol. The smallest absolute Gasteiger partial charge is 0.172 e. The highest BCUT2D eigenvalue weighted by atomic mass is 16.7. The summed E-state index contributed by atoms with van der Waals surface area (Å²) in [7, 11) is 0. The second-order valence-electron chi connectivity index (χ2n) is 17.9. The van der Waals surface area contributed by atoms with Crippen LogP contribution in [-0.4, -0.2) is 89.2 Å². The van der Waals surface area contributed by atoms with Crippen molar-refractivity contribution in [3.05, 3.63) is 0 Å². The van der Waals surface area contributed by atoms with Crippen LogP contribution in [0.1, 0.15) is 107 Å². The summed E-state index contributed by atoms with van der Waals surface area (Å²) in [5, 5.41) is 34.9. The van der Waals surface area contributed by atoms with Crippen molar-refractivity contribution in [3.63, 3.8) is 0 Å². The Hall–Kier alpha value is -0.320. The Labute approximate surface area is 265 Å². The maximum Gasteiger partial charge on any atom is 0.172 e. The Bertz CT molecular complexity index is 1110. The molecule has 14 atom stereocenters. The summed E-state index contributed by atoms with van der Waals surface area (Å²) in [6, 6.07) is 0. The number of hydroxylamine groups is 2. The molecule has 5 aliphatic carbocycles. The third kappa shape index (κ3) is 4.17. The molecule has 3 N–H and O–H groups in total. The first kappa shape index (κ1) is 32.2. The van der Waals surface area contributed by atoms with E-state index in [0.717, 1.165) is 25.7 Å². The fourth-order valence-corrected chi connectivity index (χ4v) is 13.6. The topological polar surface area (TPSA) is 101 Å². The van der Waals surface area contributed by atoms with Crippen LogP contribution in [0.4, 0.5) is 0 Å². The van der Waals surface area contributed by atoms with E-state index in [0.29, 0.717) is 55.4 Å². The molecule has 0 bridgehead atoms. The van der Waals surface area contributed by atoms with Crippen LogP contribution in [0.15, 0.2) is 0 Å². The van der Waals surface area contributed by atoms with E-state index in [2.05, 4.69) is 34.6 Å². The van der Waals surface area contributed by atoms with Crippen molar-refractivity contribution >= 4 is 0 Å². The highest BCUT2D eigenvalue weighted by molar-refractivity contribution is 5.33. The number of rotatable bonds is 6. The molecule has 8 nitrogen and oxygen atoms in total. The standard InChI is InChI=1S/C36H61NO7/c1-9-41-30(32(5,6)39)22-18-21(2)27-28(43-22)29(38)34(8)24-11-10-23-31(3,4)25(44-26-19-37(40)16-17-42-26)12-13-35(23)20-36(24,35)15-14-33(27,34)7/h21-30,38-40H,9-20H2,1-8H3. The molecule has 44 heavy (non-hydrogen) atoms. The normalized spacial score (nSPS) is 53.9. The van der Waals surface area contributed by atoms with Crippen LogP contribution >= 0.6 is 0 Å². The molecule has 252 valence electrons. The molecule has 2 heterocycles. The number of ether oxygens (including phenoxy) is 4. The molecule has 7 aliphatic rings.